The molecule has 2 aromatic rings. The van der Waals surface area contributed by atoms with Gasteiger partial charge in [-0.2, -0.15) is 0 Å². The van der Waals surface area contributed by atoms with Crippen LogP contribution in [0.5, 0.6) is 5.75 Å². The molecule has 25 heavy (non-hydrogen) atoms. The molecule has 2 rings (SSSR count). The second-order valence-electron chi connectivity index (χ2n) is 5.11. The summed E-state index contributed by atoms with van der Waals surface area (Å²) in [5.74, 6) is -0.648. The molecule has 0 heterocycles. The highest BCUT2D eigenvalue weighted by atomic mass is 79.9. The van der Waals surface area contributed by atoms with Gasteiger partial charge in [0.15, 0.2) is 12.4 Å². The Morgan fingerprint density at radius 1 is 1.08 bits per heavy atom. The van der Waals surface area contributed by atoms with Crippen molar-refractivity contribution in [3.63, 3.8) is 0 Å². The van der Waals surface area contributed by atoms with Gasteiger partial charge < -0.3 is 14.8 Å². The number of halogens is 1. The topological polar surface area (TPSA) is 81.7 Å². The molecule has 0 unspecified atom stereocenters. The number of hydrogen-bond donors (Lipinski definition) is 1. The summed E-state index contributed by atoms with van der Waals surface area (Å²) in [6, 6.07) is 11.2. The number of rotatable bonds is 6. The van der Waals surface area contributed by atoms with Crippen molar-refractivity contribution in [3.05, 3.63) is 58.1 Å². The molecule has 0 aromatic heterocycles. The first-order valence-electron chi connectivity index (χ1n) is 7.32. The highest BCUT2D eigenvalue weighted by Gasteiger charge is 2.13. The Kier molecular flexibility index (Phi) is 6.30. The number of carbonyl (C=O) groups excluding carboxylic acids is 3. The predicted molar refractivity (Wildman–Crippen MR) is 96.1 cm³/mol. The molecule has 0 aliphatic rings. The summed E-state index contributed by atoms with van der Waals surface area (Å²) in [4.78, 5) is 35.2. The number of ether oxygens (including phenoxy) is 2. The Balaban J connectivity index is 1.93. The van der Waals surface area contributed by atoms with Gasteiger partial charge in [0, 0.05) is 11.3 Å². The number of anilines is 1. The third kappa shape index (κ3) is 5.15. The van der Waals surface area contributed by atoms with Crippen LogP contribution in [-0.4, -0.2) is 31.4 Å². The van der Waals surface area contributed by atoms with Gasteiger partial charge in [-0.3, -0.25) is 9.59 Å². The molecule has 0 radical (unpaired) electrons. The SMILES string of the molecule is COc1ccc(C(=O)OCC(=O)Nc2cccc(C(C)=O)c2)cc1Br. The molecular formula is C18H16BrNO5. The van der Waals surface area contributed by atoms with Gasteiger partial charge in [0.2, 0.25) is 0 Å². The first kappa shape index (κ1) is 18.7. The zero-order valence-corrected chi connectivity index (χ0v) is 15.3. The van der Waals surface area contributed by atoms with E-state index in [0.29, 0.717) is 27.0 Å². The lowest BCUT2D eigenvalue weighted by atomic mass is 10.1. The molecule has 0 aliphatic carbocycles. The normalized spacial score (nSPS) is 10.0. The molecule has 0 atom stereocenters. The number of amides is 1. The van der Waals surface area contributed by atoms with E-state index < -0.39 is 18.5 Å². The molecule has 1 N–H and O–H groups in total. The van der Waals surface area contributed by atoms with Gasteiger partial charge in [-0.25, -0.2) is 4.79 Å². The minimum Gasteiger partial charge on any atom is -0.496 e. The van der Waals surface area contributed by atoms with Crippen molar-refractivity contribution in [1.82, 2.24) is 0 Å². The van der Waals surface area contributed by atoms with Gasteiger partial charge in [0.05, 0.1) is 17.1 Å². The number of ketones is 1. The molecule has 0 saturated carbocycles. The Labute approximate surface area is 153 Å². The molecule has 7 heteroatoms. The lowest BCUT2D eigenvalue weighted by Gasteiger charge is -2.08. The number of nitrogens with one attached hydrogen (secondary N) is 1. The van der Waals surface area contributed by atoms with Crippen LogP contribution in [0.3, 0.4) is 0 Å². The monoisotopic (exact) mass is 405 g/mol. The number of benzene rings is 2. The molecule has 0 saturated heterocycles. The molecule has 130 valence electrons. The van der Waals surface area contributed by atoms with Crippen LogP contribution >= 0.6 is 15.9 Å². The van der Waals surface area contributed by atoms with Gasteiger partial charge >= 0.3 is 5.97 Å². The fraction of sp³-hybridized carbons (Fsp3) is 0.167. The summed E-state index contributed by atoms with van der Waals surface area (Å²) in [5.41, 5.74) is 1.23. The van der Waals surface area contributed by atoms with Crippen LogP contribution in [-0.2, 0) is 9.53 Å². The van der Waals surface area contributed by atoms with E-state index in [4.69, 9.17) is 9.47 Å². The number of carbonyl (C=O) groups is 3. The van der Waals surface area contributed by atoms with Crippen LogP contribution in [0.1, 0.15) is 27.6 Å². The standard InChI is InChI=1S/C18H16BrNO5/c1-11(21)12-4-3-5-14(8-12)20-17(22)10-25-18(23)13-6-7-16(24-2)15(19)9-13/h3-9H,10H2,1-2H3,(H,20,22). The maximum absolute atomic E-state index is 12.0. The van der Waals surface area contributed by atoms with E-state index in [1.54, 1.807) is 42.5 Å². The summed E-state index contributed by atoms with van der Waals surface area (Å²) >= 11 is 3.28. The van der Waals surface area contributed by atoms with Gasteiger partial charge in [-0.1, -0.05) is 12.1 Å². The summed E-state index contributed by atoms with van der Waals surface area (Å²) in [6.45, 7) is 1.00. The molecule has 2 aromatic carbocycles. The lowest BCUT2D eigenvalue weighted by molar-refractivity contribution is -0.119. The van der Waals surface area contributed by atoms with Crippen molar-refractivity contribution in [3.8, 4) is 5.75 Å². The van der Waals surface area contributed by atoms with E-state index >= 15 is 0 Å². The van der Waals surface area contributed by atoms with Gasteiger partial charge in [0.25, 0.3) is 5.91 Å². The summed E-state index contributed by atoms with van der Waals surface area (Å²) in [7, 11) is 1.52. The number of Topliss-reactive ketones (excluding diaryl/α,β-unsaturated/α-hetero) is 1. The van der Waals surface area contributed by atoms with E-state index in [-0.39, 0.29) is 5.78 Å². The fourth-order valence-corrected chi connectivity index (χ4v) is 2.56. The van der Waals surface area contributed by atoms with E-state index in [9.17, 15) is 14.4 Å². The number of hydrogen-bond acceptors (Lipinski definition) is 5. The zero-order chi connectivity index (χ0) is 18.4. The first-order chi connectivity index (χ1) is 11.9. The summed E-state index contributed by atoms with van der Waals surface area (Å²) in [6.07, 6.45) is 0. The predicted octanol–water partition coefficient (Wildman–Crippen LogP) is 3.46. The quantitative estimate of drug-likeness (QED) is 0.587. The van der Waals surface area contributed by atoms with Crippen molar-refractivity contribution in [2.45, 2.75) is 6.92 Å². The first-order valence-corrected chi connectivity index (χ1v) is 8.11. The highest BCUT2D eigenvalue weighted by Crippen LogP contribution is 2.25. The molecular weight excluding hydrogens is 390 g/mol. The van der Waals surface area contributed by atoms with Crippen molar-refractivity contribution < 1.29 is 23.9 Å². The third-order valence-electron chi connectivity index (χ3n) is 3.27. The highest BCUT2D eigenvalue weighted by molar-refractivity contribution is 9.10. The maximum atomic E-state index is 12.0. The Morgan fingerprint density at radius 2 is 1.84 bits per heavy atom. The molecule has 0 bridgehead atoms. The third-order valence-corrected chi connectivity index (χ3v) is 3.89. The Morgan fingerprint density at radius 3 is 2.48 bits per heavy atom. The van der Waals surface area contributed by atoms with Gasteiger partial charge in [-0.15, -0.1) is 0 Å². The Bertz CT molecular complexity index is 819. The molecule has 6 nitrogen and oxygen atoms in total. The van der Waals surface area contributed by atoms with E-state index in [1.165, 1.54) is 14.0 Å². The minimum absolute atomic E-state index is 0.104. The molecule has 1 amide bonds. The van der Waals surface area contributed by atoms with E-state index in [2.05, 4.69) is 21.2 Å². The van der Waals surface area contributed by atoms with Gasteiger partial charge in [0.1, 0.15) is 5.75 Å². The fourth-order valence-electron chi connectivity index (χ4n) is 2.02. The van der Waals surface area contributed by atoms with Crippen molar-refractivity contribution in [1.29, 1.82) is 0 Å². The largest absolute Gasteiger partial charge is 0.496 e. The van der Waals surface area contributed by atoms with Gasteiger partial charge in [-0.05, 0) is 53.2 Å². The number of methoxy groups -OCH3 is 1. The Hall–Kier alpha value is -2.67. The second kappa shape index (κ2) is 8.43. The van der Waals surface area contributed by atoms with Crippen molar-refractivity contribution in [2.75, 3.05) is 19.0 Å². The minimum atomic E-state index is -0.629. The molecule has 0 fully saturated rings. The van der Waals surface area contributed by atoms with Crippen LogP contribution in [0.4, 0.5) is 5.69 Å². The number of esters is 1. The van der Waals surface area contributed by atoms with E-state index in [0.717, 1.165) is 0 Å². The van der Waals surface area contributed by atoms with Crippen LogP contribution in [0, 0.1) is 0 Å². The smallest absolute Gasteiger partial charge is 0.338 e. The zero-order valence-electron chi connectivity index (χ0n) is 13.7. The molecule has 0 aliphatic heterocycles. The maximum Gasteiger partial charge on any atom is 0.338 e. The van der Waals surface area contributed by atoms with Crippen LogP contribution in [0.25, 0.3) is 0 Å². The van der Waals surface area contributed by atoms with Crippen molar-refractivity contribution in [2.24, 2.45) is 0 Å². The second-order valence-corrected chi connectivity index (χ2v) is 5.96. The van der Waals surface area contributed by atoms with Crippen LogP contribution in [0.15, 0.2) is 46.9 Å². The average Bonchev–Trinajstić information content (AvgIpc) is 2.59. The van der Waals surface area contributed by atoms with Crippen molar-refractivity contribution >= 4 is 39.3 Å². The summed E-state index contributed by atoms with van der Waals surface area (Å²) < 4.78 is 10.7. The van der Waals surface area contributed by atoms with Crippen LogP contribution < -0.4 is 10.1 Å². The lowest BCUT2D eigenvalue weighted by Crippen LogP contribution is -2.21. The van der Waals surface area contributed by atoms with Crippen LogP contribution in [0.2, 0.25) is 0 Å². The van der Waals surface area contributed by atoms with E-state index in [1.807, 2.05) is 0 Å². The molecule has 0 spiro atoms. The average molecular weight is 406 g/mol. The summed E-state index contributed by atoms with van der Waals surface area (Å²) in [5, 5.41) is 2.58.